The van der Waals surface area contributed by atoms with Crippen LogP contribution in [0.4, 0.5) is 0 Å². The Hall–Kier alpha value is -1.62. The summed E-state index contributed by atoms with van der Waals surface area (Å²) in [6.07, 6.45) is 3.52. The average molecular weight is 632 g/mol. The number of aromatic hydroxyl groups is 1. The Balaban J connectivity index is 2.02. The van der Waals surface area contributed by atoms with Crippen LogP contribution in [0.15, 0.2) is 34.7 Å². The fourth-order valence-corrected chi connectivity index (χ4v) is 4.96. The number of hydrogen-bond donors (Lipinski definition) is 1. The second-order valence-electron chi connectivity index (χ2n) is 7.00. The molecule has 3 rings (SSSR count). The van der Waals surface area contributed by atoms with E-state index in [1.54, 1.807) is 30.3 Å². The third-order valence-corrected chi connectivity index (χ3v) is 6.33. The summed E-state index contributed by atoms with van der Waals surface area (Å²) in [4.78, 5) is 25.3. The lowest BCUT2D eigenvalue weighted by atomic mass is 9.98. The van der Waals surface area contributed by atoms with Crippen molar-refractivity contribution in [3.63, 3.8) is 0 Å². The van der Waals surface area contributed by atoms with Gasteiger partial charge in [0.15, 0.2) is 5.78 Å². The number of fused-ring (bicyclic) bond motifs is 1. The number of phenols is 1. The number of furan rings is 1. The Bertz CT molecular complexity index is 1080. The molecule has 0 aliphatic carbocycles. The van der Waals surface area contributed by atoms with E-state index in [-0.39, 0.29) is 17.5 Å². The Kier molecular flexibility index (Phi) is 7.78. The third-order valence-electron chi connectivity index (χ3n) is 4.68. The van der Waals surface area contributed by atoms with Crippen molar-refractivity contribution in [3.8, 4) is 11.5 Å². The molecule has 0 spiro atoms. The highest BCUT2D eigenvalue weighted by Crippen LogP contribution is 2.34. The molecule has 0 unspecified atom stereocenters. The van der Waals surface area contributed by atoms with Gasteiger partial charge in [-0.1, -0.05) is 20.3 Å². The maximum Gasteiger partial charge on any atom is 0.311 e. The number of phenolic OH excluding ortho intramolecular Hbond substituents is 1. The van der Waals surface area contributed by atoms with E-state index in [2.05, 4.69) is 0 Å². The first-order valence-corrected chi connectivity index (χ1v) is 12.0. The Morgan fingerprint density at radius 2 is 1.77 bits per heavy atom. The van der Waals surface area contributed by atoms with Gasteiger partial charge in [-0.3, -0.25) is 9.59 Å². The summed E-state index contributed by atoms with van der Waals surface area (Å²) < 4.78 is 12.7. The molecule has 1 heterocycles. The molecule has 0 saturated heterocycles. The van der Waals surface area contributed by atoms with Crippen LogP contribution in [0.25, 0.3) is 11.0 Å². The van der Waals surface area contributed by atoms with E-state index in [1.165, 1.54) is 0 Å². The molecule has 0 fully saturated rings. The van der Waals surface area contributed by atoms with Crippen molar-refractivity contribution in [3.05, 3.63) is 54.4 Å². The summed E-state index contributed by atoms with van der Waals surface area (Å²) in [6, 6.07) is 8.49. The van der Waals surface area contributed by atoms with Crippen LogP contribution < -0.4 is 4.74 Å². The van der Waals surface area contributed by atoms with Crippen molar-refractivity contribution < 1.29 is 23.8 Å². The summed E-state index contributed by atoms with van der Waals surface area (Å²) in [5.41, 5.74) is 1.54. The predicted octanol–water partition coefficient (Wildman–Crippen LogP) is 6.63. The minimum absolute atomic E-state index is 0.152. The number of ether oxygens (including phenoxy) is 1. The number of benzene rings is 2. The normalized spacial score (nSPS) is 11.1. The summed E-state index contributed by atoms with van der Waals surface area (Å²) in [5.74, 6) is 0.771. The molecule has 158 valence electrons. The van der Waals surface area contributed by atoms with Crippen molar-refractivity contribution >= 4 is 67.9 Å². The molecular formula is C23H22I2O5. The van der Waals surface area contributed by atoms with Gasteiger partial charge in [-0.15, -0.1) is 0 Å². The zero-order chi connectivity index (χ0) is 21.8. The van der Waals surface area contributed by atoms with Crippen molar-refractivity contribution in [2.24, 2.45) is 0 Å². The fraction of sp³-hybridized carbons (Fsp3) is 0.304. The van der Waals surface area contributed by atoms with Gasteiger partial charge in [0, 0.05) is 29.9 Å². The summed E-state index contributed by atoms with van der Waals surface area (Å²) in [5, 5.41) is 10.7. The maximum atomic E-state index is 13.4. The van der Waals surface area contributed by atoms with E-state index in [4.69, 9.17) is 9.15 Å². The lowest BCUT2D eigenvalue weighted by Gasteiger charge is -2.07. The molecule has 1 aromatic heterocycles. The van der Waals surface area contributed by atoms with Gasteiger partial charge in [0.25, 0.3) is 0 Å². The number of carbonyl (C=O) groups is 2. The van der Waals surface area contributed by atoms with Gasteiger partial charge in [-0.25, -0.2) is 0 Å². The molecule has 0 atom stereocenters. The van der Waals surface area contributed by atoms with E-state index >= 15 is 0 Å². The van der Waals surface area contributed by atoms with Crippen LogP contribution in [0.3, 0.4) is 0 Å². The molecule has 1 N–H and O–H groups in total. The van der Waals surface area contributed by atoms with Gasteiger partial charge in [-0.2, -0.15) is 0 Å². The van der Waals surface area contributed by atoms with Gasteiger partial charge in [0.1, 0.15) is 22.8 Å². The van der Waals surface area contributed by atoms with Crippen molar-refractivity contribution in [1.82, 2.24) is 0 Å². The van der Waals surface area contributed by atoms with Gasteiger partial charge < -0.3 is 14.3 Å². The van der Waals surface area contributed by atoms with E-state index in [1.807, 2.05) is 59.0 Å². The minimum atomic E-state index is -0.277. The number of unbranched alkanes of at least 4 members (excludes halogenated alkanes) is 1. The van der Waals surface area contributed by atoms with Crippen LogP contribution in [-0.2, 0) is 11.2 Å². The molecule has 7 heteroatoms. The topological polar surface area (TPSA) is 76.7 Å². The molecule has 5 nitrogen and oxygen atoms in total. The van der Waals surface area contributed by atoms with E-state index in [0.29, 0.717) is 53.6 Å². The first kappa shape index (κ1) is 23.1. The molecule has 30 heavy (non-hydrogen) atoms. The molecule has 2 aromatic carbocycles. The quantitative estimate of drug-likeness (QED) is 0.131. The van der Waals surface area contributed by atoms with Crippen LogP contribution in [-0.4, -0.2) is 16.9 Å². The van der Waals surface area contributed by atoms with Gasteiger partial charge in [-0.05, 0) is 82.3 Å². The van der Waals surface area contributed by atoms with Crippen molar-refractivity contribution in [2.45, 2.75) is 46.0 Å². The molecule has 0 bridgehead atoms. The molecule has 0 saturated carbocycles. The second-order valence-corrected chi connectivity index (χ2v) is 9.33. The van der Waals surface area contributed by atoms with Gasteiger partial charge in [0.05, 0.1) is 12.7 Å². The zero-order valence-corrected chi connectivity index (χ0v) is 21.1. The number of carbonyl (C=O) groups excluding carboxylic acids is 2. The Morgan fingerprint density at radius 3 is 2.40 bits per heavy atom. The Labute approximate surface area is 202 Å². The molecule has 0 radical (unpaired) electrons. The number of ketones is 1. The molecular weight excluding hydrogens is 610 g/mol. The second kappa shape index (κ2) is 10.1. The van der Waals surface area contributed by atoms with Crippen LogP contribution in [0.1, 0.15) is 61.2 Å². The number of halogens is 2. The lowest BCUT2D eigenvalue weighted by molar-refractivity contribution is -0.134. The Morgan fingerprint density at radius 1 is 1.07 bits per heavy atom. The first-order chi connectivity index (χ1) is 14.3. The van der Waals surface area contributed by atoms with E-state index in [9.17, 15) is 14.7 Å². The number of hydrogen-bond acceptors (Lipinski definition) is 5. The third kappa shape index (κ3) is 4.99. The minimum Gasteiger partial charge on any atom is -0.506 e. The van der Waals surface area contributed by atoms with Gasteiger partial charge >= 0.3 is 5.97 Å². The maximum absolute atomic E-state index is 13.4. The number of aryl methyl sites for hydroxylation is 1. The number of esters is 1. The van der Waals surface area contributed by atoms with Crippen molar-refractivity contribution in [1.29, 1.82) is 0 Å². The summed E-state index contributed by atoms with van der Waals surface area (Å²) >= 11 is 4.03. The van der Waals surface area contributed by atoms with Crippen LogP contribution >= 0.6 is 45.2 Å². The van der Waals surface area contributed by atoms with Gasteiger partial charge in [0.2, 0.25) is 0 Å². The molecule has 3 aromatic rings. The fourth-order valence-electron chi connectivity index (χ4n) is 3.19. The van der Waals surface area contributed by atoms with E-state index in [0.717, 1.165) is 19.3 Å². The van der Waals surface area contributed by atoms with Crippen LogP contribution in [0, 0.1) is 7.14 Å². The zero-order valence-electron chi connectivity index (χ0n) is 16.8. The molecule has 0 amide bonds. The smallest absolute Gasteiger partial charge is 0.311 e. The summed E-state index contributed by atoms with van der Waals surface area (Å²) in [6.45, 7) is 4.04. The largest absolute Gasteiger partial charge is 0.506 e. The highest BCUT2D eigenvalue weighted by Gasteiger charge is 2.23. The monoisotopic (exact) mass is 632 g/mol. The molecule has 0 aliphatic rings. The first-order valence-electron chi connectivity index (χ1n) is 9.84. The predicted molar refractivity (Wildman–Crippen MR) is 132 cm³/mol. The summed E-state index contributed by atoms with van der Waals surface area (Å²) in [7, 11) is 0. The van der Waals surface area contributed by atoms with Crippen LogP contribution in [0.2, 0.25) is 0 Å². The van der Waals surface area contributed by atoms with Crippen LogP contribution in [0.5, 0.6) is 11.5 Å². The highest BCUT2D eigenvalue weighted by molar-refractivity contribution is 14.1. The average Bonchev–Trinajstić information content (AvgIpc) is 3.06. The van der Waals surface area contributed by atoms with Crippen molar-refractivity contribution in [2.75, 3.05) is 0 Å². The molecule has 0 aliphatic heterocycles. The SMILES string of the molecule is CCCCC(=O)Oc1ccc2c(C(=O)c3cc(I)c(O)c(I)c3)c(CCC)oc2c1. The standard InChI is InChI=1S/C23H22I2O5/c1-3-5-7-20(26)29-14-8-9-15-19(12-14)30-18(6-4-2)21(15)22(27)13-10-16(24)23(28)17(25)11-13/h8-12,28H,3-7H2,1-2H3. The lowest BCUT2D eigenvalue weighted by Crippen LogP contribution is -2.07. The van der Waals surface area contributed by atoms with E-state index < -0.39 is 0 Å². The number of rotatable bonds is 8. The highest BCUT2D eigenvalue weighted by atomic mass is 127.